The van der Waals surface area contributed by atoms with Gasteiger partial charge >= 0.3 is 0 Å². The molecule has 2 aromatic carbocycles. The molecule has 0 heterocycles. The first-order valence-electron chi connectivity index (χ1n) is 6.91. The molecule has 0 radical (unpaired) electrons. The van der Waals surface area contributed by atoms with E-state index in [1.165, 1.54) is 11.1 Å². The van der Waals surface area contributed by atoms with Crippen LogP contribution in [0.5, 0.6) is 0 Å². The maximum Gasteiger partial charge on any atom is 0.0516 e. The number of benzene rings is 2. The van der Waals surface area contributed by atoms with Gasteiger partial charge in [0.15, 0.2) is 0 Å². The number of hydrogen-bond acceptors (Lipinski definition) is 2. The van der Waals surface area contributed by atoms with E-state index in [2.05, 4.69) is 48.6 Å². The molecule has 0 saturated heterocycles. The zero-order chi connectivity index (χ0) is 13.5. The summed E-state index contributed by atoms with van der Waals surface area (Å²) in [5.74, 6) is 0. The van der Waals surface area contributed by atoms with E-state index >= 15 is 0 Å². The molecule has 0 aliphatic heterocycles. The highest BCUT2D eigenvalue weighted by atomic mass is 14.9. The van der Waals surface area contributed by atoms with Crippen LogP contribution in [0.3, 0.4) is 0 Å². The smallest absolute Gasteiger partial charge is 0.0516 e. The Morgan fingerprint density at radius 3 is 1.95 bits per heavy atom. The number of hydrogen-bond donors (Lipinski definition) is 2. The van der Waals surface area contributed by atoms with Crippen LogP contribution in [0.15, 0.2) is 60.7 Å². The monoisotopic (exact) mass is 254 g/mol. The van der Waals surface area contributed by atoms with Crippen molar-refractivity contribution in [2.45, 2.75) is 25.4 Å². The Morgan fingerprint density at radius 2 is 1.42 bits per heavy atom. The summed E-state index contributed by atoms with van der Waals surface area (Å²) >= 11 is 0. The SMILES string of the molecule is CCCNC(c1ccccc1)C(N)c1ccccc1. The van der Waals surface area contributed by atoms with Crippen molar-refractivity contribution in [3.8, 4) is 0 Å². The first kappa shape index (κ1) is 13.8. The summed E-state index contributed by atoms with van der Waals surface area (Å²) in [5.41, 5.74) is 8.86. The van der Waals surface area contributed by atoms with E-state index in [0.29, 0.717) is 0 Å². The predicted molar refractivity (Wildman–Crippen MR) is 80.8 cm³/mol. The first-order valence-corrected chi connectivity index (χ1v) is 6.91. The van der Waals surface area contributed by atoms with Gasteiger partial charge in [0.2, 0.25) is 0 Å². The van der Waals surface area contributed by atoms with Crippen LogP contribution in [0.2, 0.25) is 0 Å². The van der Waals surface area contributed by atoms with Crippen LogP contribution in [-0.4, -0.2) is 6.54 Å². The van der Waals surface area contributed by atoms with Crippen molar-refractivity contribution < 1.29 is 0 Å². The normalized spacial score (nSPS) is 14.0. The molecule has 100 valence electrons. The Morgan fingerprint density at radius 1 is 0.895 bits per heavy atom. The van der Waals surface area contributed by atoms with Crippen molar-refractivity contribution in [1.82, 2.24) is 5.32 Å². The number of nitrogens with two attached hydrogens (primary N) is 1. The second-order valence-electron chi connectivity index (χ2n) is 4.78. The van der Waals surface area contributed by atoms with E-state index in [-0.39, 0.29) is 12.1 Å². The summed E-state index contributed by atoms with van der Waals surface area (Å²) in [4.78, 5) is 0. The van der Waals surface area contributed by atoms with Crippen molar-refractivity contribution in [3.63, 3.8) is 0 Å². The Balaban J connectivity index is 2.22. The Bertz CT molecular complexity index is 467. The van der Waals surface area contributed by atoms with Gasteiger partial charge in [0.25, 0.3) is 0 Å². The van der Waals surface area contributed by atoms with E-state index in [9.17, 15) is 0 Å². The molecule has 2 aromatic rings. The van der Waals surface area contributed by atoms with Crippen LogP contribution < -0.4 is 11.1 Å². The molecule has 2 atom stereocenters. The van der Waals surface area contributed by atoms with Gasteiger partial charge in [0, 0.05) is 6.04 Å². The van der Waals surface area contributed by atoms with E-state index in [1.54, 1.807) is 0 Å². The van der Waals surface area contributed by atoms with Crippen LogP contribution in [0.25, 0.3) is 0 Å². The van der Waals surface area contributed by atoms with Gasteiger partial charge in [-0.05, 0) is 24.1 Å². The average Bonchev–Trinajstić information content (AvgIpc) is 2.49. The second-order valence-corrected chi connectivity index (χ2v) is 4.78. The molecule has 2 heteroatoms. The van der Waals surface area contributed by atoms with Gasteiger partial charge in [-0.3, -0.25) is 0 Å². The summed E-state index contributed by atoms with van der Waals surface area (Å²) in [5, 5.41) is 3.56. The van der Waals surface area contributed by atoms with Crippen molar-refractivity contribution in [3.05, 3.63) is 71.8 Å². The van der Waals surface area contributed by atoms with Crippen molar-refractivity contribution in [2.75, 3.05) is 6.54 Å². The van der Waals surface area contributed by atoms with Crippen LogP contribution in [-0.2, 0) is 0 Å². The van der Waals surface area contributed by atoms with Gasteiger partial charge in [-0.1, -0.05) is 67.6 Å². The molecule has 2 nitrogen and oxygen atoms in total. The minimum absolute atomic E-state index is 0.0323. The fourth-order valence-corrected chi connectivity index (χ4v) is 2.28. The molecule has 2 rings (SSSR count). The zero-order valence-electron chi connectivity index (χ0n) is 11.4. The Labute approximate surface area is 115 Å². The minimum Gasteiger partial charge on any atom is -0.322 e. The summed E-state index contributed by atoms with van der Waals surface area (Å²) in [7, 11) is 0. The molecular weight excluding hydrogens is 232 g/mol. The Hall–Kier alpha value is -1.64. The number of nitrogens with one attached hydrogen (secondary N) is 1. The molecule has 0 fully saturated rings. The maximum atomic E-state index is 6.45. The second kappa shape index (κ2) is 7.07. The molecule has 3 N–H and O–H groups in total. The van der Waals surface area contributed by atoms with Gasteiger partial charge < -0.3 is 11.1 Å². The number of rotatable bonds is 6. The van der Waals surface area contributed by atoms with Gasteiger partial charge in [-0.15, -0.1) is 0 Å². The van der Waals surface area contributed by atoms with Crippen molar-refractivity contribution in [2.24, 2.45) is 5.73 Å². The van der Waals surface area contributed by atoms with Gasteiger partial charge in [-0.2, -0.15) is 0 Å². The fourth-order valence-electron chi connectivity index (χ4n) is 2.28. The van der Waals surface area contributed by atoms with E-state index < -0.39 is 0 Å². The molecule has 0 aliphatic rings. The standard InChI is InChI=1S/C17H22N2/c1-2-13-19-17(15-11-7-4-8-12-15)16(18)14-9-5-3-6-10-14/h3-12,16-17,19H,2,13,18H2,1H3. The molecular formula is C17H22N2. The highest BCUT2D eigenvalue weighted by Crippen LogP contribution is 2.26. The zero-order valence-corrected chi connectivity index (χ0v) is 11.4. The van der Waals surface area contributed by atoms with Gasteiger partial charge in [0.05, 0.1) is 6.04 Å². The molecule has 0 spiro atoms. The summed E-state index contributed by atoms with van der Waals surface area (Å²) in [6, 6.07) is 20.8. The Kier molecular flexibility index (Phi) is 5.13. The largest absolute Gasteiger partial charge is 0.322 e. The highest BCUT2D eigenvalue weighted by molar-refractivity contribution is 5.27. The van der Waals surface area contributed by atoms with E-state index in [0.717, 1.165) is 13.0 Å². The minimum atomic E-state index is -0.0323. The van der Waals surface area contributed by atoms with Gasteiger partial charge in [-0.25, -0.2) is 0 Å². The third kappa shape index (κ3) is 3.66. The van der Waals surface area contributed by atoms with Crippen molar-refractivity contribution in [1.29, 1.82) is 0 Å². The van der Waals surface area contributed by atoms with Crippen LogP contribution >= 0.6 is 0 Å². The van der Waals surface area contributed by atoms with E-state index in [4.69, 9.17) is 5.73 Å². The van der Waals surface area contributed by atoms with Crippen molar-refractivity contribution >= 4 is 0 Å². The quantitative estimate of drug-likeness (QED) is 0.829. The molecule has 2 unspecified atom stereocenters. The molecule has 0 saturated carbocycles. The molecule has 0 aromatic heterocycles. The summed E-state index contributed by atoms with van der Waals surface area (Å²) in [6.07, 6.45) is 1.10. The lowest BCUT2D eigenvalue weighted by Gasteiger charge is -2.26. The third-order valence-electron chi connectivity index (χ3n) is 3.32. The molecule has 0 aliphatic carbocycles. The van der Waals surface area contributed by atoms with Crippen LogP contribution in [0.1, 0.15) is 36.6 Å². The van der Waals surface area contributed by atoms with E-state index in [1.807, 2.05) is 24.3 Å². The third-order valence-corrected chi connectivity index (χ3v) is 3.32. The lowest BCUT2D eigenvalue weighted by molar-refractivity contribution is 0.453. The average molecular weight is 254 g/mol. The fraction of sp³-hybridized carbons (Fsp3) is 0.294. The van der Waals surface area contributed by atoms with Crippen LogP contribution in [0.4, 0.5) is 0 Å². The maximum absolute atomic E-state index is 6.45. The van der Waals surface area contributed by atoms with Crippen LogP contribution in [0, 0.1) is 0 Å². The highest BCUT2D eigenvalue weighted by Gasteiger charge is 2.20. The lowest BCUT2D eigenvalue weighted by atomic mass is 9.94. The lowest BCUT2D eigenvalue weighted by Crippen LogP contribution is -2.32. The topological polar surface area (TPSA) is 38.0 Å². The predicted octanol–water partition coefficient (Wildman–Crippen LogP) is 3.43. The molecule has 19 heavy (non-hydrogen) atoms. The molecule has 0 bridgehead atoms. The first-order chi connectivity index (χ1) is 9.33. The molecule has 0 amide bonds. The summed E-state index contributed by atoms with van der Waals surface area (Å²) < 4.78 is 0. The summed E-state index contributed by atoms with van der Waals surface area (Å²) in [6.45, 7) is 3.14. The van der Waals surface area contributed by atoms with Gasteiger partial charge in [0.1, 0.15) is 0 Å².